The van der Waals surface area contributed by atoms with Crippen LogP contribution < -0.4 is 0 Å². The lowest BCUT2D eigenvalue weighted by molar-refractivity contribution is 0.159. The molecular formula is C17H24FN3O. The molecule has 0 aromatic carbocycles. The Balaban J connectivity index is 1.49. The van der Waals surface area contributed by atoms with Gasteiger partial charge in [-0.25, -0.2) is 4.39 Å². The predicted molar refractivity (Wildman–Crippen MR) is 83.3 cm³/mol. The van der Waals surface area contributed by atoms with Gasteiger partial charge in [0, 0.05) is 17.9 Å². The van der Waals surface area contributed by atoms with E-state index in [-0.39, 0.29) is 5.83 Å². The molecule has 1 aromatic heterocycles. The highest BCUT2D eigenvalue weighted by atomic mass is 19.1. The van der Waals surface area contributed by atoms with Crippen molar-refractivity contribution in [2.75, 3.05) is 13.1 Å². The van der Waals surface area contributed by atoms with Crippen molar-refractivity contribution in [3.8, 4) is 0 Å². The van der Waals surface area contributed by atoms with Crippen LogP contribution in [0.5, 0.6) is 0 Å². The number of allylic oxidation sites excluding steroid dienone is 2. The SMILES string of the molecule is C=C/C(F)=C\CC(C)N1CCC(c2noc(C3CC3)n2)CC1. The number of rotatable bonds is 6. The fraction of sp³-hybridized carbons (Fsp3) is 0.647. The van der Waals surface area contributed by atoms with Crippen molar-refractivity contribution >= 4 is 0 Å². The third-order valence-corrected chi connectivity index (χ3v) is 4.75. The topological polar surface area (TPSA) is 42.2 Å². The molecule has 3 rings (SSSR count). The molecule has 1 saturated heterocycles. The normalized spacial score (nSPS) is 22.7. The van der Waals surface area contributed by atoms with Crippen molar-refractivity contribution in [3.63, 3.8) is 0 Å². The molecular weight excluding hydrogens is 281 g/mol. The van der Waals surface area contributed by atoms with Crippen molar-refractivity contribution in [2.24, 2.45) is 0 Å². The maximum Gasteiger partial charge on any atom is 0.229 e. The second-order valence-corrected chi connectivity index (χ2v) is 6.45. The Labute approximate surface area is 131 Å². The lowest BCUT2D eigenvalue weighted by Gasteiger charge is -2.34. The number of piperidine rings is 1. The Hall–Kier alpha value is -1.49. The van der Waals surface area contributed by atoms with Gasteiger partial charge in [-0.2, -0.15) is 4.98 Å². The van der Waals surface area contributed by atoms with Crippen LogP contribution >= 0.6 is 0 Å². The summed E-state index contributed by atoms with van der Waals surface area (Å²) in [7, 11) is 0. The number of aromatic nitrogens is 2. The summed E-state index contributed by atoms with van der Waals surface area (Å²) in [6.07, 6.45) is 8.05. The summed E-state index contributed by atoms with van der Waals surface area (Å²) in [5.74, 6) is 2.40. The molecule has 22 heavy (non-hydrogen) atoms. The van der Waals surface area contributed by atoms with Gasteiger partial charge in [-0.3, -0.25) is 0 Å². The van der Waals surface area contributed by atoms with Gasteiger partial charge in [0.15, 0.2) is 5.82 Å². The Morgan fingerprint density at radius 3 is 2.73 bits per heavy atom. The van der Waals surface area contributed by atoms with E-state index in [2.05, 4.69) is 28.5 Å². The fourth-order valence-electron chi connectivity index (χ4n) is 3.02. The molecule has 5 heteroatoms. The standard InChI is InChI=1S/C17H24FN3O/c1-3-15(18)7-4-12(2)21-10-8-13(9-11-21)16-19-17(22-20-16)14-5-6-14/h3,7,12-14H,1,4-6,8-11H2,2H3/b15-7+. The van der Waals surface area contributed by atoms with E-state index in [4.69, 9.17) is 4.52 Å². The molecule has 1 saturated carbocycles. The summed E-state index contributed by atoms with van der Waals surface area (Å²) in [6.45, 7) is 7.58. The van der Waals surface area contributed by atoms with E-state index in [9.17, 15) is 4.39 Å². The summed E-state index contributed by atoms with van der Waals surface area (Å²) in [6, 6.07) is 0.346. The van der Waals surface area contributed by atoms with Gasteiger partial charge in [0.25, 0.3) is 0 Å². The third-order valence-electron chi connectivity index (χ3n) is 4.75. The first-order valence-corrected chi connectivity index (χ1v) is 8.23. The zero-order valence-corrected chi connectivity index (χ0v) is 13.2. The lowest BCUT2D eigenvalue weighted by atomic mass is 9.95. The van der Waals surface area contributed by atoms with E-state index >= 15 is 0 Å². The molecule has 0 bridgehead atoms. The molecule has 120 valence electrons. The van der Waals surface area contributed by atoms with Crippen LogP contribution in [0, 0.1) is 0 Å². The highest BCUT2D eigenvalue weighted by Gasteiger charge is 2.32. The number of halogens is 1. The molecule has 4 nitrogen and oxygen atoms in total. The van der Waals surface area contributed by atoms with Crippen LogP contribution in [0.4, 0.5) is 4.39 Å². The molecule has 1 unspecified atom stereocenters. The molecule has 2 fully saturated rings. The minimum atomic E-state index is -0.235. The van der Waals surface area contributed by atoms with Crippen LogP contribution in [-0.4, -0.2) is 34.2 Å². The number of hydrogen-bond donors (Lipinski definition) is 0. The second kappa shape index (κ2) is 6.73. The Morgan fingerprint density at radius 2 is 2.09 bits per heavy atom. The first-order valence-electron chi connectivity index (χ1n) is 8.23. The van der Waals surface area contributed by atoms with Gasteiger partial charge in [0.05, 0.1) is 0 Å². The van der Waals surface area contributed by atoms with E-state index in [1.807, 2.05) is 0 Å². The molecule has 0 amide bonds. The third kappa shape index (κ3) is 3.64. The first-order chi connectivity index (χ1) is 10.7. The van der Waals surface area contributed by atoms with Crippen molar-refractivity contribution in [2.45, 2.75) is 56.9 Å². The molecule has 0 radical (unpaired) electrons. The summed E-state index contributed by atoms with van der Waals surface area (Å²) in [5.41, 5.74) is 0. The average Bonchev–Trinajstić information content (AvgIpc) is 3.29. The van der Waals surface area contributed by atoms with E-state index in [0.717, 1.165) is 44.1 Å². The van der Waals surface area contributed by atoms with Crippen molar-refractivity contribution < 1.29 is 8.91 Å². The van der Waals surface area contributed by atoms with E-state index in [1.165, 1.54) is 18.9 Å². The molecule has 0 spiro atoms. The largest absolute Gasteiger partial charge is 0.339 e. The van der Waals surface area contributed by atoms with Crippen LogP contribution in [0.15, 0.2) is 29.1 Å². The lowest BCUT2D eigenvalue weighted by Crippen LogP contribution is -2.39. The molecule has 1 aromatic rings. The first kappa shape index (κ1) is 15.4. The average molecular weight is 305 g/mol. The highest BCUT2D eigenvalue weighted by Crippen LogP contribution is 2.39. The number of nitrogens with zero attached hydrogens (tertiary/aromatic N) is 3. The smallest absolute Gasteiger partial charge is 0.229 e. The monoisotopic (exact) mass is 305 g/mol. The van der Waals surface area contributed by atoms with Gasteiger partial charge < -0.3 is 9.42 Å². The molecule has 2 aliphatic rings. The second-order valence-electron chi connectivity index (χ2n) is 6.45. The maximum absolute atomic E-state index is 13.1. The van der Waals surface area contributed by atoms with Crippen LogP contribution in [0.1, 0.15) is 62.6 Å². The predicted octanol–water partition coefficient (Wildman–Crippen LogP) is 3.94. The van der Waals surface area contributed by atoms with Gasteiger partial charge in [0.1, 0.15) is 5.83 Å². The summed E-state index contributed by atoms with van der Waals surface area (Å²) < 4.78 is 18.5. The van der Waals surface area contributed by atoms with Crippen molar-refractivity contribution in [3.05, 3.63) is 36.3 Å². The van der Waals surface area contributed by atoms with Gasteiger partial charge in [-0.05, 0) is 64.3 Å². The summed E-state index contributed by atoms with van der Waals surface area (Å²) in [5, 5.41) is 4.17. The molecule has 0 N–H and O–H groups in total. The van der Waals surface area contributed by atoms with Crippen LogP contribution in [-0.2, 0) is 0 Å². The van der Waals surface area contributed by atoms with Crippen LogP contribution in [0.25, 0.3) is 0 Å². The molecule has 1 atom stereocenters. The Morgan fingerprint density at radius 1 is 1.36 bits per heavy atom. The zero-order chi connectivity index (χ0) is 15.5. The number of hydrogen-bond acceptors (Lipinski definition) is 4. The van der Waals surface area contributed by atoms with E-state index in [0.29, 0.717) is 17.9 Å². The number of likely N-dealkylation sites (tertiary alicyclic amines) is 1. The Bertz CT molecular complexity index is 542. The summed E-state index contributed by atoms with van der Waals surface area (Å²) >= 11 is 0. The minimum absolute atomic E-state index is 0.235. The highest BCUT2D eigenvalue weighted by molar-refractivity contribution is 5.08. The van der Waals surface area contributed by atoms with Crippen molar-refractivity contribution in [1.29, 1.82) is 0 Å². The van der Waals surface area contributed by atoms with Gasteiger partial charge in [-0.1, -0.05) is 11.7 Å². The zero-order valence-electron chi connectivity index (χ0n) is 13.2. The van der Waals surface area contributed by atoms with Gasteiger partial charge >= 0.3 is 0 Å². The fourth-order valence-corrected chi connectivity index (χ4v) is 3.02. The molecule has 1 aliphatic carbocycles. The van der Waals surface area contributed by atoms with Crippen LogP contribution in [0.2, 0.25) is 0 Å². The molecule has 1 aliphatic heterocycles. The van der Waals surface area contributed by atoms with E-state index in [1.54, 1.807) is 6.08 Å². The van der Waals surface area contributed by atoms with Gasteiger partial charge in [0.2, 0.25) is 5.89 Å². The minimum Gasteiger partial charge on any atom is -0.339 e. The molecule has 2 heterocycles. The van der Waals surface area contributed by atoms with E-state index < -0.39 is 0 Å². The van der Waals surface area contributed by atoms with Crippen molar-refractivity contribution in [1.82, 2.24) is 15.0 Å². The van der Waals surface area contributed by atoms with Gasteiger partial charge in [-0.15, -0.1) is 0 Å². The quantitative estimate of drug-likeness (QED) is 0.746. The van der Waals surface area contributed by atoms with Crippen LogP contribution in [0.3, 0.4) is 0 Å². The Kier molecular flexibility index (Phi) is 4.71. The summed E-state index contributed by atoms with van der Waals surface area (Å²) in [4.78, 5) is 6.98. The maximum atomic E-state index is 13.1.